The number of carbonyl (C=O) groups is 1. The molecule has 1 rings (SSSR count). The molecule has 0 aliphatic heterocycles. The molecule has 0 atom stereocenters. The second kappa shape index (κ2) is 6.73. The minimum atomic E-state index is -0.401. The van der Waals surface area contributed by atoms with Crippen molar-refractivity contribution in [2.75, 3.05) is 25.5 Å². The van der Waals surface area contributed by atoms with E-state index in [2.05, 4.69) is 10.6 Å². The van der Waals surface area contributed by atoms with Crippen molar-refractivity contribution in [1.82, 2.24) is 5.32 Å². The van der Waals surface area contributed by atoms with E-state index in [1.807, 2.05) is 6.92 Å². The van der Waals surface area contributed by atoms with Gasteiger partial charge in [-0.25, -0.2) is 4.39 Å². The summed E-state index contributed by atoms with van der Waals surface area (Å²) in [5, 5.41) is 5.73. The maximum atomic E-state index is 13.1. The molecular formula is C12H17FN2O2. The summed E-state index contributed by atoms with van der Waals surface area (Å²) in [4.78, 5) is 11.2. The Morgan fingerprint density at radius 2 is 2.24 bits per heavy atom. The topological polar surface area (TPSA) is 50.4 Å². The molecule has 0 aromatic heterocycles. The Bertz CT molecular complexity index is 383. The van der Waals surface area contributed by atoms with E-state index < -0.39 is 5.82 Å². The van der Waals surface area contributed by atoms with Gasteiger partial charge in [0.2, 0.25) is 5.91 Å². The van der Waals surface area contributed by atoms with Gasteiger partial charge in [0, 0.05) is 31.3 Å². The fourth-order valence-electron chi connectivity index (χ4n) is 1.38. The van der Waals surface area contributed by atoms with E-state index in [-0.39, 0.29) is 11.7 Å². The number of rotatable bonds is 6. The SMILES string of the molecule is CCNC(=O)CCNc1ccc(F)c(OC)c1. The van der Waals surface area contributed by atoms with Crippen LogP contribution in [0, 0.1) is 5.82 Å². The van der Waals surface area contributed by atoms with E-state index in [1.54, 1.807) is 12.1 Å². The Balaban J connectivity index is 2.44. The zero-order valence-corrected chi connectivity index (χ0v) is 10.0. The second-order valence-corrected chi connectivity index (χ2v) is 3.48. The quantitative estimate of drug-likeness (QED) is 0.796. The lowest BCUT2D eigenvalue weighted by atomic mass is 10.2. The fraction of sp³-hybridized carbons (Fsp3) is 0.417. The van der Waals surface area contributed by atoms with Gasteiger partial charge in [-0.3, -0.25) is 4.79 Å². The number of ether oxygens (including phenoxy) is 1. The summed E-state index contributed by atoms with van der Waals surface area (Å²) in [7, 11) is 1.41. The standard InChI is InChI=1S/C12H17FN2O2/c1-3-14-12(16)6-7-15-9-4-5-10(13)11(8-9)17-2/h4-5,8,15H,3,6-7H2,1-2H3,(H,14,16). The molecule has 0 saturated carbocycles. The van der Waals surface area contributed by atoms with Crippen LogP contribution >= 0.6 is 0 Å². The van der Waals surface area contributed by atoms with Gasteiger partial charge in [-0.2, -0.15) is 0 Å². The predicted molar refractivity (Wildman–Crippen MR) is 64.7 cm³/mol. The summed E-state index contributed by atoms with van der Waals surface area (Å²) >= 11 is 0. The molecule has 1 aromatic rings. The molecule has 0 bridgehead atoms. The Morgan fingerprint density at radius 1 is 1.47 bits per heavy atom. The molecule has 5 heteroatoms. The average Bonchev–Trinajstić information content (AvgIpc) is 2.31. The van der Waals surface area contributed by atoms with Crippen LogP contribution in [0.1, 0.15) is 13.3 Å². The van der Waals surface area contributed by atoms with Crippen LogP contribution < -0.4 is 15.4 Å². The number of methoxy groups -OCH3 is 1. The van der Waals surface area contributed by atoms with E-state index in [9.17, 15) is 9.18 Å². The van der Waals surface area contributed by atoms with Crippen LogP contribution in [0.25, 0.3) is 0 Å². The van der Waals surface area contributed by atoms with E-state index in [1.165, 1.54) is 13.2 Å². The summed E-state index contributed by atoms with van der Waals surface area (Å²) in [5.41, 5.74) is 0.729. The smallest absolute Gasteiger partial charge is 0.221 e. The van der Waals surface area contributed by atoms with Crippen LogP contribution in [-0.4, -0.2) is 26.1 Å². The Labute approximate surface area is 100 Å². The molecule has 2 N–H and O–H groups in total. The van der Waals surface area contributed by atoms with Crippen molar-refractivity contribution in [1.29, 1.82) is 0 Å². The summed E-state index contributed by atoms with van der Waals surface area (Å²) in [6, 6.07) is 4.50. The molecule has 0 radical (unpaired) electrons. The zero-order valence-electron chi connectivity index (χ0n) is 10.0. The summed E-state index contributed by atoms with van der Waals surface area (Å²) < 4.78 is 18.0. The van der Waals surface area contributed by atoms with Gasteiger partial charge < -0.3 is 15.4 Å². The number of anilines is 1. The lowest BCUT2D eigenvalue weighted by molar-refractivity contribution is -0.120. The fourth-order valence-corrected chi connectivity index (χ4v) is 1.38. The van der Waals surface area contributed by atoms with Gasteiger partial charge in [-0.05, 0) is 19.1 Å². The van der Waals surface area contributed by atoms with Crippen molar-refractivity contribution >= 4 is 11.6 Å². The van der Waals surface area contributed by atoms with Crippen LogP contribution in [-0.2, 0) is 4.79 Å². The van der Waals surface area contributed by atoms with Gasteiger partial charge in [0.25, 0.3) is 0 Å². The molecule has 0 aliphatic carbocycles. The lowest BCUT2D eigenvalue weighted by Crippen LogP contribution is -2.24. The van der Waals surface area contributed by atoms with Gasteiger partial charge in [-0.1, -0.05) is 0 Å². The number of nitrogens with one attached hydrogen (secondary N) is 2. The minimum Gasteiger partial charge on any atom is -0.494 e. The van der Waals surface area contributed by atoms with Crippen molar-refractivity contribution in [3.05, 3.63) is 24.0 Å². The Kier molecular flexibility index (Phi) is 5.26. The highest BCUT2D eigenvalue weighted by Crippen LogP contribution is 2.21. The third-order valence-electron chi connectivity index (χ3n) is 2.21. The van der Waals surface area contributed by atoms with Crippen LogP contribution in [0.4, 0.5) is 10.1 Å². The molecule has 1 aromatic carbocycles. The molecular weight excluding hydrogens is 223 g/mol. The van der Waals surface area contributed by atoms with Crippen molar-refractivity contribution in [3.63, 3.8) is 0 Å². The van der Waals surface area contributed by atoms with E-state index in [0.717, 1.165) is 5.69 Å². The molecule has 0 heterocycles. The molecule has 94 valence electrons. The Hall–Kier alpha value is -1.78. The first-order chi connectivity index (χ1) is 8.17. The van der Waals surface area contributed by atoms with Crippen molar-refractivity contribution in [3.8, 4) is 5.75 Å². The first-order valence-corrected chi connectivity index (χ1v) is 5.51. The highest BCUT2D eigenvalue weighted by molar-refractivity contribution is 5.76. The summed E-state index contributed by atoms with van der Waals surface area (Å²) in [6.07, 6.45) is 0.382. The Morgan fingerprint density at radius 3 is 2.88 bits per heavy atom. The maximum absolute atomic E-state index is 13.1. The monoisotopic (exact) mass is 240 g/mol. The van der Waals surface area contributed by atoms with Crippen LogP contribution in [0.15, 0.2) is 18.2 Å². The zero-order chi connectivity index (χ0) is 12.7. The number of carbonyl (C=O) groups excluding carboxylic acids is 1. The molecule has 17 heavy (non-hydrogen) atoms. The van der Waals surface area contributed by atoms with Gasteiger partial charge in [0.1, 0.15) is 0 Å². The molecule has 0 fully saturated rings. The van der Waals surface area contributed by atoms with Crippen molar-refractivity contribution in [2.24, 2.45) is 0 Å². The highest BCUT2D eigenvalue weighted by atomic mass is 19.1. The van der Waals surface area contributed by atoms with Crippen LogP contribution in [0.5, 0.6) is 5.75 Å². The van der Waals surface area contributed by atoms with E-state index in [4.69, 9.17) is 4.74 Å². The normalized spacial score (nSPS) is 9.82. The number of amides is 1. The van der Waals surface area contributed by atoms with E-state index >= 15 is 0 Å². The number of hydrogen-bond donors (Lipinski definition) is 2. The number of hydrogen-bond acceptors (Lipinski definition) is 3. The minimum absolute atomic E-state index is 0.00548. The lowest BCUT2D eigenvalue weighted by Gasteiger charge is -2.08. The first-order valence-electron chi connectivity index (χ1n) is 5.51. The average molecular weight is 240 g/mol. The maximum Gasteiger partial charge on any atom is 0.221 e. The summed E-state index contributed by atoms with van der Waals surface area (Å²) in [6.45, 7) is 3.00. The number of halogens is 1. The van der Waals surface area contributed by atoms with Crippen molar-refractivity contribution in [2.45, 2.75) is 13.3 Å². The van der Waals surface area contributed by atoms with Gasteiger partial charge in [-0.15, -0.1) is 0 Å². The molecule has 1 amide bonds. The third kappa shape index (κ3) is 4.30. The predicted octanol–water partition coefficient (Wildman–Crippen LogP) is 1.77. The largest absolute Gasteiger partial charge is 0.494 e. The van der Waals surface area contributed by atoms with Gasteiger partial charge >= 0.3 is 0 Å². The molecule has 0 unspecified atom stereocenters. The third-order valence-corrected chi connectivity index (χ3v) is 2.21. The highest BCUT2D eigenvalue weighted by Gasteiger charge is 2.03. The molecule has 4 nitrogen and oxygen atoms in total. The van der Waals surface area contributed by atoms with Crippen LogP contribution in [0.3, 0.4) is 0 Å². The summed E-state index contributed by atoms with van der Waals surface area (Å²) in [5.74, 6) is -0.219. The van der Waals surface area contributed by atoms with Crippen molar-refractivity contribution < 1.29 is 13.9 Å². The molecule has 0 aliphatic rings. The first kappa shape index (κ1) is 13.3. The van der Waals surface area contributed by atoms with Gasteiger partial charge in [0.15, 0.2) is 11.6 Å². The molecule has 0 spiro atoms. The second-order valence-electron chi connectivity index (χ2n) is 3.48. The van der Waals surface area contributed by atoms with E-state index in [0.29, 0.717) is 19.5 Å². The molecule has 0 saturated heterocycles. The van der Waals surface area contributed by atoms with Gasteiger partial charge in [0.05, 0.1) is 7.11 Å². The van der Waals surface area contributed by atoms with Crippen LogP contribution in [0.2, 0.25) is 0 Å². The number of benzene rings is 1.